The fourth-order valence-corrected chi connectivity index (χ4v) is 2.32. The molecule has 2 atom stereocenters. The van der Waals surface area contributed by atoms with Gasteiger partial charge in [-0.3, -0.25) is 0 Å². The Kier molecular flexibility index (Phi) is 7.29. The van der Waals surface area contributed by atoms with Crippen molar-refractivity contribution in [3.63, 3.8) is 0 Å². The molecule has 0 aromatic heterocycles. The molecule has 0 aromatic rings. The minimum Gasteiger partial charge on any atom is -0.378 e. The van der Waals surface area contributed by atoms with E-state index in [4.69, 9.17) is 11.2 Å². The molecule has 0 amide bonds. The summed E-state index contributed by atoms with van der Waals surface area (Å²) in [6.45, 7) is 4.14. The maximum atomic E-state index is 5.74. The third kappa shape index (κ3) is 5.53. The Morgan fingerprint density at radius 2 is 2.31 bits per heavy atom. The Morgan fingerprint density at radius 1 is 1.44 bits per heavy atom. The van der Waals surface area contributed by atoms with E-state index < -0.39 is 0 Å². The molecule has 1 fully saturated rings. The molecule has 1 rings (SSSR count). The molecule has 0 aromatic carbocycles. The highest BCUT2D eigenvalue weighted by Crippen LogP contribution is 2.18. The summed E-state index contributed by atoms with van der Waals surface area (Å²) >= 11 is 0. The first kappa shape index (κ1) is 13.5. The van der Waals surface area contributed by atoms with Crippen molar-refractivity contribution in [1.82, 2.24) is 5.32 Å². The molecule has 2 heteroatoms. The standard InChI is InChI=1S/C14H25NO/c1-3-5-8-13(15-4-2)10-11-14-9-6-7-12-16-14/h1,13-15H,4-12H2,2H3. The van der Waals surface area contributed by atoms with E-state index in [0.717, 1.165) is 26.0 Å². The molecule has 2 nitrogen and oxygen atoms in total. The first-order valence-corrected chi connectivity index (χ1v) is 6.65. The first-order chi connectivity index (χ1) is 7.86. The summed E-state index contributed by atoms with van der Waals surface area (Å²) in [5.74, 6) is 2.72. The lowest BCUT2D eigenvalue weighted by molar-refractivity contribution is 0.00849. The zero-order chi connectivity index (χ0) is 11.6. The highest BCUT2D eigenvalue weighted by Gasteiger charge is 2.15. The molecular formula is C14H25NO. The molecule has 0 bridgehead atoms. The Morgan fingerprint density at radius 3 is 2.94 bits per heavy atom. The Hall–Kier alpha value is -0.520. The monoisotopic (exact) mass is 223 g/mol. The quantitative estimate of drug-likeness (QED) is 0.670. The molecule has 1 aliphatic rings. The van der Waals surface area contributed by atoms with Crippen LogP contribution in [-0.4, -0.2) is 25.3 Å². The number of hydrogen-bond acceptors (Lipinski definition) is 2. The highest BCUT2D eigenvalue weighted by atomic mass is 16.5. The fourth-order valence-electron chi connectivity index (χ4n) is 2.32. The van der Waals surface area contributed by atoms with Gasteiger partial charge >= 0.3 is 0 Å². The van der Waals surface area contributed by atoms with Crippen molar-refractivity contribution in [3.8, 4) is 12.3 Å². The molecule has 16 heavy (non-hydrogen) atoms. The van der Waals surface area contributed by atoms with Gasteiger partial charge in [0.1, 0.15) is 0 Å². The van der Waals surface area contributed by atoms with Crippen LogP contribution in [0, 0.1) is 12.3 Å². The van der Waals surface area contributed by atoms with E-state index in [1.807, 2.05) is 0 Å². The van der Waals surface area contributed by atoms with Crippen molar-refractivity contribution in [2.24, 2.45) is 0 Å². The van der Waals surface area contributed by atoms with Gasteiger partial charge in [0.15, 0.2) is 0 Å². The maximum absolute atomic E-state index is 5.74. The van der Waals surface area contributed by atoms with Crippen LogP contribution in [-0.2, 0) is 4.74 Å². The van der Waals surface area contributed by atoms with E-state index in [0.29, 0.717) is 12.1 Å². The lowest BCUT2D eigenvalue weighted by atomic mass is 9.99. The van der Waals surface area contributed by atoms with Crippen molar-refractivity contribution in [2.75, 3.05) is 13.2 Å². The lowest BCUT2D eigenvalue weighted by Gasteiger charge is -2.25. The first-order valence-electron chi connectivity index (χ1n) is 6.65. The average Bonchev–Trinajstić information content (AvgIpc) is 2.34. The summed E-state index contributed by atoms with van der Waals surface area (Å²) in [4.78, 5) is 0. The molecule has 1 N–H and O–H groups in total. The number of hydrogen-bond donors (Lipinski definition) is 1. The molecule has 1 heterocycles. The lowest BCUT2D eigenvalue weighted by Crippen LogP contribution is -2.30. The van der Waals surface area contributed by atoms with Gasteiger partial charge in [-0.05, 0) is 45.1 Å². The highest BCUT2D eigenvalue weighted by molar-refractivity contribution is 4.86. The van der Waals surface area contributed by atoms with Gasteiger partial charge in [-0.1, -0.05) is 6.92 Å². The van der Waals surface area contributed by atoms with Crippen LogP contribution in [0.1, 0.15) is 51.9 Å². The van der Waals surface area contributed by atoms with Crippen LogP contribution in [0.5, 0.6) is 0 Å². The second-order valence-corrected chi connectivity index (χ2v) is 4.56. The van der Waals surface area contributed by atoms with Crippen LogP contribution in [0.3, 0.4) is 0 Å². The van der Waals surface area contributed by atoms with Gasteiger partial charge in [-0.25, -0.2) is 0 Å². The summed E-state index contributed by atoms with van der Waals surface area (Å²) < 4.78 is 5.74. The number of ether oxygens (including phenoxy) is 1. The van der Waals surface area contributed by atoms with Crippen molar-refractivity contribution in [1.29, 1.82) is 0 Å². The summed E-state index contributed by atoms with van der Waals surface area (Å²) in [7, 11) is 0. The van der Waals surface area contributed by atoms with Crippen molar-refractivity contribution in [3.05, 3.63) is 0 Å². The van der Waals surface area contributed by atoms with Crippen LogP contribution < -0.4 is 5.32 Å². The predicted octanol–water partition coefficient (Wildman–Crippen LogP) is 2.73. The largest absolute Gasteiger partial charge is 0.378 e. The number of rotatable bonds is 7. The van der Waals surface area contributed by atoms with Gasteiger partial charge in [0.2, 0.25) is 0 Å². The third-order valence-corrected chi connectivity index (χ3v) is 3.24. The summed E-state index contributed by atoms with van der Waals surface area (Å²) in [6, 6.07) is 0.576. The van der Waals surface area contributed by atoms with Gasteiger partial charge in [0.25, 0.3) is 0 Å². The van der Waals surface area contributed by atoms with E-state index in [1.54, 1.807) is 0 Å². The minimum atomic E-state index is 0.501. The van der Waals surface area contributed by atoms with Crippen LogP contribution in [0.4, 0.5) is 0 Å². The topological polar surface area (TPSA) is 21.3 Å². The van der Waals surface area contributed by atoms with Crippen LogP contribution in [0.25, 0.3) is 0 Å². The second-order valence-electron chi connectivity index (χ2n) is 4.56. The molecule has 92 valence electrons. The molecule has 1 aliphatic heterocycles. The molecular weight excluding hydrogens is 198 g/mol. The molecule has 0 radical (unpaired) electrons. The maximum Gasteiger partial charge on any atom is 0.0575 e. The van der Waals surface area contributed by atoms with E-state index in [1.165, 1.54) is 32.1 Å². The summed E-state index contributed by atoms with van der Waals surface area (Å²) in [5, 5.41) is 3.51. The molecule has 2 unspecified atom stereocenters. The number of nitrogens with one attached hydrogen (secondary N) is 1. The van der Waals surface area contributed by atoms with E-state index in [9.17, 15) is 0 Å². The van der Waals surface area contributed by atoms with Crippen molar-refractivity contribution < 1.29 is 4.74 Å². The molecule has 1 saturated heterocycles. The van der Waals surface area contributed by atoms with Gasteiger partial charge in [0.05, 0.1) is 6.10 Å². The zero-order valence-electron chi connectivity index (χ0n) is 10.5. The summed E-state index contributed by atoms with van der Waals surface area (Å²) in [5.41, 5.74) is 0. The van der Waals surface area contributed by atoms with E-state index >= 15 is 0 Å². The average molecular weight is 223 g/mol. The second kappa shape index (κ2) is 8.61. The molecule has 0 saturated carbocycles. The normalized spacial score (nSPS) is 22.6. The van der Waals surface area contributed by atoms with Crippen molar-refractivity contribution >= 4 is 0 Å². The van der Waals surface area contributed by atoms with Crippen LogP contribution in [0.2, 0.25) is 0 Å². The van der Waals surface area contributed by atoms with Crippen LogP contribution >= 0.6 is 0 Å². The fraction of sp³-hybridized carbons (Fsp3) is 0.857. The van der Waals surface area contributed by atoms with Gasteiger partial charge in [0, 0.05) is 19.1 Å². The van der Waals surface area contributed by atoms with Gasteiger partial charge < -0.3 is 10.1 Å². The van der Waals surface area contributed by atoms with E-state index in [-0.39, 0.29) is 0 Å². The molecule has 0 spiro atoms. The SMILES string of the molecule is C#CCCC(CCC1CCCCO1)NCC. The Labute approximate surface area is 100 Å². The van der Waals surface area contributed by atoms with Gasteiger partial charge in [-0.2, -0.15) is 0 Å². The Bertz CT molecular complexity index is 203. The predicted molar refractivity (Wildman–Crippen MR) is 68.4 cm³/mol. The smallest absolute Gasteiger partial charge is 0.0575 e. The Balaban J connectivity index is 2.17. The molecule has 0 aliphatic carbocycles. The van der Waals surface area contributed by atoms with Gasteiger partial charge in [-0.15, -0.1) is 12.3 Å². The van der Waals surface area contributed by atoms with Crippen molar-refractivity contribution in [2.45, 2.75) is 64.0 Å². The minimum absolute atomic E-state index is 0.501. The van der Waals surface area contributed by atoms with E-state index in [2.05, 4.69) is 18.2 Å². The summed E-state index contributed by atoms with van der Waals surface area (Å²) in [6.07, 6.45) is 14.0. The number of terminal acetylenes is 1. The van der Waals surface area contributed by atoms with Crippen LogP contribution in [0.15, 0.2) is 0 Å². The zero-order valence-corrected chi connectivity index (χ0v) is 10.5. The third-order valence-electron chi connectivity index (χ3n) is 3.24.